The van der Waals surface area contributed by atoms with Crippen molar-refractivity contribution >= 4 is 5.69 Å². The van der Waals surface area contributed by atoms with Gasteiger partial charge in [0.15, 0.2) is 0 Å². The van der Waals surface area contributed by atoms with Crippen LogP contribution in [0.15, 0.2) is 24.3 Å². The van der Waals surface area contributed by atoms with Gasteiger partial charge in [0.2, 0.25) is 0 Å². The Morgan fingerprint density at radius 2 is 1.07 bits per heavy atom. The summed E-state index contributed by atoms with van der Waals surface area (Å²) in [5.74, 6) is 1.02. The maximum absolute atomic E-state index is 5.63. The Hall–Kier alpha value is -1.18. The highest BCUT2D eigenvalue weighted by molar-refractivity contribution is 5.58. The van der Waals surface area contributed by atoms with Gasteiger partial charge < -0.3 is 9.64 Å². The predicted octanol–water partition coefficient (Wildman–Crippen LogP) is 8.00. The zero-order valence-electron chi connectivity index (χ0n) is 18.5. The zero-order chi connectivity index (χ0) is 19.6. The Morgan fingerprint density at radius 3 is 1.56 bits per heavy atom. The van der Waals surface area contributed by atoms with Crippen LogP contribution < -0.4 is 9.64 Å². The Balaban J connectivity index is 2.40. The van der Waals surface area contributed by atoms with Gasteiger partial charge in [-0.3, -0.25) is 0 Å². The van der Waals surface area contributed by atoms with Crippen molar-refractivity contribution < 1.29 is 4.74 Å². The van der Waals surface area contributed by atoms with Gasteiger partial charge in [-0.15, -0.1) is 0 Å². The first-order valence-corrected chi connectivity index (χ1v) is 11.7. The van der Waals surface area contributed by atoms with E-state index in [0.717, 1.165) is 18.8 Å². The molecule has 0 N–H and O–H groups in total. The molecule has 2 heteroatoms. The van der Waals surface area contributed by atoms with Crippen LogP contribution in [-0.4, -0.2) is 20.2 Å². The van der Waals surface area contributed by atoms with Gasteiger partial charge in [0, 0.05) is 13.1 Å². The molecule has 0 atom stereocenters. The van der Waals surface area contributed by atoms with E-state index in [2.05, 4.69) is 43.0 Å². The molecule has 0 unspecified atom stereocenters. The largest absolute Gasteiger partial charge is 0.495 e. The highest BCUT2D eigenvalue weighted by Crippen LogP contribution is 2.28. The number of unbranched alkanes of at least 4 members (excludes halogenated alkanes) is 12. The van der Waals surface area contributed by atoms with Crippen molar-refractivity contribution in [2.75, 3.05) is 25.1 Å². The molecule has 0 radical (unpaired) electrons. The molecular weight excluding hydrogens is 330 g/mol. The third-order valence-electron chi connectivity index (χ3n) is 5.49. The van der Waals surface area contributed by atoms with Gasteiger partial charge in [-0.1, -0.05) is 103 Å². The third-order valence-corrected chi connectivity index (χ3v) is 5.49. The lowest BCUT2D eigenvalue weighted by Crippen LogP contribution is -2.26. The molecule has 0 aromatic heterocycles. The second-order valence-electron chi connectivity index (χ2n) is 7.90. The monoisotopic (exact) mass is 375 g/mol. The normalized spacial score (nSPS) is 10.9. The molecule has 0 aliphatic carbocycles. The molecule has 0 heterocycles. The Kier molecular flexibility index (Phi) is 15.0. The molecule has 0 bridgehead atoms. The van der Waals surface area contributed by atoms with E-state index in [0.29, 0.717) is 0 Å². The second-order valence-corrected chi connectivity index (χ2v) is 7.90. The molecule has 0 fully saturated rings. The lowest BCUT2D eigenvalue weighted by molar-refractivity contribution is 0.413. The number of rotatable bonds is 18. The minimum absolute atomic E-state index is 1.02. The van der Waals surface area contributed by atoms with Crippen molar-refractivity contribution in [3.8, 4) is 5.75 Å². The van der Waals surface area contributed by atoms with Gasteiger partial charge in [-0.2, -0.15) is 0 Å². The van der Waals surface area contributed by atoms with Crippen molar-refractivity contribution in [1.82, 2.24) is 0 Å². The van der Waals surface area contributed by atoms with Crippen LogP contribution in [0.1, 0.15) is 104 Å². The molecule has 0 aliphatic rings. The fourth-order valence-corrected chi connectivity index (χ4v) is 3.76. The minimum Gasteiger partial charge on any atom is -0.495 e. The summed E-state index contributed by atoms with van der Waals surface area (Å²) in [6.45, 7) is 6.89. The number of nitrogens with zero attached hydrogens (tertiary/aromatic N) is 1. The first-order valence-electron chi connectivity index (χ1n) is 11.7. The van der Waals surface area contributed by atoms with E-state index >= 15 is 0 Å². The third kappa shape index (κ3) is 11.3. The molecule has 156 valence electrons. The van der Waals surface area contributed by atoms with Crippen LogP contribution in [0.4, 0.5) is 5.69 Å². The molecule has 1 rings (SSSR count). The molecule has 27 heavy (non-hydrogen) atoms. The van der Waals surface area contributed by atoms with Crippen molar-refractivity contribution in [1.29, 1.82) is 0 Å². The standard InChI is InChI=1S/C25H45NO/c1-4-6-8-10-12-14-18-22-26(23-19-15-13-11-9-7-5-2)24-20-16-17-21-25(24)27-3/h16-17,20-21H,4-15,18-19,22-23H2,1-3H3. The van der Waals surface area contributed by atoms with Crippen LogP contribution in [0.25, 0.3) is 0 Å². The van der Waals surface area contributed by atoms with Crippen LogP contribution in [-0.2, 0) is 0 Å². The van der Waals surface area contributed by atoms with Crippen LogP contribution in [0, 0.1) is 0 Å². The summed E-state index contributed by atoms with van der Waals surface area (Å²) >= 11 is 0. The SMILES string of the molecule is CCCCCCCCCN(CCCCCCCCC)c1ccccc1OC. The van der Waals surface area contributed by atoms with Gasteiger partial charge in [0.05, 0.1) is 12.8 Å². The van der Waals surface area contributed by atoms with Crippen LogP contribution in [0.2, 0.25) is 0 Å². The van der Waals surface area contributed by atoms with Gasteiger partial charge in [0.1, 0.15) is 5.75 Å². The van der Waals surface area contributed by atoms with Crippen molar-refractivity contribution in [3.63, 3.8) is 0 Å². The highest BCUT2D eigenvalue weighted by Gasteiger charge is 2.11. The number of hydrogen-bond donors (Lipinski definition) is 0. The number of anilines is 1. The van der Waals surface area contributed by atoms with Crippen LogP contribution in [0.3, 0.4) is 0 Å². The lowest BCUT2D eigenvalue weighted by atomic mass is 10.1. The Bertz CT molecular complexity index is 428. The fraction of sp³-hybridized carbons (Fsp3) is 0.760. The summed E-state index contributed by atoms with van der Waals surface area (Å²) in [5.41, 5.74) is 1.27. The van der Waals surface area contributed by atoms with Gasteiger partial charge in [-0.05, 0) is 25.0 Å². The number of methoxy groups -OCH3 is 1. The van der Waals surface area contributed by atoms with E-state index in [9.17, 15) is 0 Å². The van der Waals surface area contributed by atoms with Gasteiger partial charge in [-0.25, -0.2) is 0 Å². The van der Waals surface area contributed by atoms with Gasteiger partial charge in [0.25, 0.3) is 0 Å². The summed E-state index contributed by atoms with van der Waals surface area (Å²) in [6, 6.07) is 8.53. The predicted molar refractivity (Wildman–Crippen MR) is 121 cm³/mol. The molecule has 1 aromatic carbocycles. The van der Waals surface area contributed by atoms with E-state index in [-0.39, 0.29) is 0 Å². The molecule has 0 saturated heterocycles. The quantitative estimate of drug-likeness (QED) is 0.241. The van der Waals surface area contributed by atoms with E-state index in [1.807, 2.05) is 0 Å². The zero-order valence-corrected chi connectivity index (χ0v) is 18.5. The van der Waals surface area contributed by atoms with E-state index in [1.54, 1.807) is 7.11 Å². The Labute approximate surface area is 169 Å². The molecule has 0 amide bonds. The summed E-state index contributed by atoms with van der Waals surface area (Å²) in [4.78, 5) is 2.57. The summed E-state index contributed by atoms with van der Waals surface area (Å²) in [6.07, 6.45) is 19.1. The second kappa shape index (κ2) is 17.0. The van der Waals surface area contributed by atoms with E-state index in [4.69, 9.17) is 4.74 Å². The smallest absolute Gasteiger partial charge is 0.142 e. The van der Waals surface area contributed by atoms with Crippen LogP contribution in [0.5, 0.6) is 5.75 Å². The van der Waals surface area contributed by atoms with Crippen LogP contribution >= 0.6 is 0 Å². The molecule has 0 spiro atoms. The lowest BCUT2D eigenvalue weighted by Gasteiger charge is -2.26. The maximum atomic E-state index is 5.63. The van der Waals surface area contributed by atoms with E-state index < -0.39 is 0 Å². The maximum Gasteiger partial charge on any atom is 0.142 e. The van der Waals surface area contributed by atoms with Gasteiger partial charge >= 0.3 is 0 Å². The average molecular weight is 376 g/mol. The number of benzene rings is 1. The molecule has 0 aliphatic heterocycles. The minimum atomic E-state index is 1.02. The fourth-order valence-electron chi connectivity index (χ4n) is 3.76. The Morgan fingerprint density at radius 1 is 0.630 bits per heavy atom. The van der Waals surface area contributed by atoms with E-state index in [1.165, 1.54) is 95.6 Å². The van der Waals surface area contributed by atoms with Crippen molar-refractivity contribution in [2.24, 2.45) is 0 Å². The van der Waals surface area contributed by atoms with Crippen molar-refractivity contribution in [3.05, 3.63) is 24.3 Å². The molecular formula is C25H45NO. The number of para-hydroxylation sites is 2. The summed E-state index contributed by atoms with van der Waals surface area (Å²) in [7, 11) is 1.79. The summed E-state index contributed by atoms with van der Waals surface area (Å²) in [5, 5.41) is 0. The molecule has 2 nitrogen and oxygen atoms in total. The highest BCUT2D eigenvalue weighted by atomic mass is 16.5. The average Bonchev–Trinajstić information content (AvgIpc) is 2.71. The first-order chi connectivity index (χ1) is 13.3. The topological polar surface area (TPSA) is 12.5 Å². The first kappa shape index (κ1) is 23.9. The summed E-state index contributed by atoms with van der Waals surface area (Å²) < 4.78 is 5.63. The molecule has 1 aromatic rings. The number of hydrogen-bond acceptors (Lipinski definition) is 2. The van der Waals surface area contributed by atoms with Crippen molar-refractivity contribution in [2.45, 2.75) is 104 Å². The number of ether oxygens (including phenoxy) is 1. The molecule has 0 saturated carbocycles.